The van der Waals surface area contributed by atoms with Crippen molar-refractivity contribution in [2.45, 2.75) is 45.3 Å². The van der Waals surface area contributed by atoms with Gasteiger partial charge >= 0.3 is 0 Å². The van der Waals surface area contributed by atoms with E-state index in [-0.39, 0.29) is 6.10 Å². The van der Waals surface area contributed by atoms with Gasteiger partial charge in [-0.2, -0.15) is 0 Å². The van der Waals surface area contributed by atoms with Crippen LogP contribution in [-0.4, -0.2) is 24.9 Å². The van der Waals surface area contributed by atoms with Crippen molar-refractivity contribution in [3.63, 3.8) is 0 Å². The number of aliphatic hydroxyl groups excluding tert-OH is 1. The molecule has 0 aliphatic carbocycles. The van der Waals surface area contributed by atoms with Gasteiger partial charge in [0, 0.05) is 12.7 Å². The second kappa shape index (κ2) is 8.11. The molecule has 18 heavy (non-hydrogen) atoms. The largest absolute Gasteiger partial charge is 0.493 e. The van der Waals surface area contributed by atoms with E-state index in [1.165, 1.54) is 0 Å². The third kappa shape index (κ3) is 4.67. The molecule has 0 bridgehead atoms. The molecule has 0 aliphatic rings. The summed E-state index contributed by atoms with van der Waals surface area (Å²) >= 11 is 0. The van der Waals surface area contributed by atoms with E-state index >= 15 is 0 Å². The lowest BCUT2D eigenvalue weighted by Crippen LogP contribution is -2.09. The van der Waals surface area contributed by atoms with Gasteiger partial charge in [-0.05, 0) is 32.3 Å². The Bertz CT molecular complexity index is 338. The standard InChI is InChI=1S/C15H24O3/c1-4-11-18-15-8-6-5-7-13(15)14(16)10-9-12(2)17-3/h5-8,12,14,16H,4,9-11H2,1-3H3. The van der Waals surface area contributed by atoms with Gasteiger partial charge in [-0.15, -0.1) is 0 Å². The van der Waals surface area contributed by atoms with Crippen molar-refractivity contribution in [3.05, 3.63) is 29.8 Å². The number of hydrogen-bond donors (Lipinski definition) is 1. The van der Waals surface area contributed by atoms with Gasteiger partial charge in [-0.25, -0.2) is 0 Å². The predicted molar refractivity (Wildman–Crippen MR) is 72.9 cm³/mol. The summed E-state index contributed by atoms with van der Waals surface area (Å²) in [6, 6.07) is 7.69. The third-order valence-electron chi connectivity index (χ3n) is 2.99. The Balaban J connectivity index is 2.63. The Morgan fingerprint density at radius 1 is 1.22 bits per heavy atom. The summed E-state index contributed by atoms with van der Waals surface area (Å²) < 4.78 is 10.8. The van der Waals surface area contributed by atoms with Crippen LogP contribution in [0.15, 0.2) is 24.3 Å². The number of rotatable bonds is 8. The van der Waals surface area contributed by atoms with Gasteiger partial charge in [0.05, 0.1) is 18.8 Å². The molecule has 1 aromatic carbocycles. The molecule has 3 heteroatoms. The van der Waals surface area contributed by atoms with Crippen molar-refractivity contribution in [1.82, 2.24) is 0 Å². The highest BCUT2D eigenvalue weighted by Gasteiger charge is 2.14. The third-order valence-corrected chi connectivity index (χ3v) is 2.99. The Labute approximate surface area is 110 Å². The fourth-order valence-corrected chi connectivity index (χ4v) is 1.77. The second-order valence-electron chi connectivity index (χ2n) is 4.53. The summed E-state index contributed by atoms with van der Waals surface area (Å²) in [5, 5.41) is 10.2. The lowest BCUT2D eigenvalue weighted by Gasteiger charge is -2.17. The van der Waals surface area contributed by atoms with Crippen LogP contribution in [0, 0.1) is 0 Å². The maximum Gasteiger partial charge on any atom is 0.125 e. The minimum Gasteiger partial charge on any atom is -0.493 e. The topological polar surface area (TPSA) is 38.7 Å². The van der Waals surface area contributed by atoms with E-state index in [1.54, 1.807) is 7.11 Å². The normalized spacial score (nSPS) is 14.2. The van der Waals surface area contributed by atoms with Crippen LogP contribution in [0.4, 0.5) is 0 Å². The Morgan fingerprint density at radius 2 is 1.94 bits per heavy atom. The van der Waals surface area contributed by atoms with Crippen molar-refractivity contribution in [3.8, 4) is 5.75 Å². The Morgan fingerprint density at radius 3 is 2.61 bits per heavy atom. The number of para-hydroxylation sites is 1. The van der Waals surface area contributed by atoms with Crippen LogP contribution < -0.4 is 4.74 Å². The van der Waals surface area contributed by atoms with Crippen LogP contribution in [-0.2, 0) is 4.74 Å². The number of benzene rings is 1. The summed E-state index contributed by atoms with van der Waals surface area (Å²) in [5.74, 6) is 0.789. The fraction of sp³-hybridized carbons (Fsp3) is 0.600. The van der Waals surface area contributed by atoms with Gasteiger partial charge in [-0.3, -0.25) is 0 Å². The van der Waals surface area contributed by atoms with Gasteiger partial charge in [0.1, 0.15) is 5.75 Å². The summed E-state index contributed by atoms with van der Waals surface area (Å²) in [6.07, 6.45) is 2.16. The zero-order valence-electron chi connectivity index (χ0n) is 11.6. The molecule has 0 aliphatic heterocycles. The molecule has 2 atom stereocenters. The van der Waals surface area contributed by atoms with Crippen molar-refractivity contribution < 1.29 is 14.6 Å². The molecular formula is C15H24O3. The number of hydrogen-bond acceptors (Lipinski definition) is 3. The van der Waals surface area contributed by atoms with Crippen LogP contribution in [0.3, 0.4) is 0 Å². The molecule has 102 valence electrons. The smallest absolute Gasteiger partial charge is 0.125 e. The van der Waals surface area contributed by atoms with E-state index in [0.29, 0.717) is 13.0 Å². The summed E-state index contributed by atoms with van der Waals surface area (Å²) in [4.78, 5) is 0. The first-order chi connectivity index (χ1) is 8.69. The van der Waals surface area contributed by atoms with Crippen molar-refractivity contribution in [2.24, 2.45) is 0 Å². The summed E-state index contributed by atoms with van der Waals surface area (Å²) in [5.41, 5.74) is 0.870. The molecule has 0 spiro atoms. The first kappa shape index (κ1) is 15.0. The van der Waals surface area contributed by atoms with E-state index in [9.17, 15) is 5.11 Å². The second-order valence-corrected chi connectivity index (χ2v) is 4.53. The van der Waals surface area contributed by atoms with Gasteiger partial charge in [-0.1, -0.05) is 25.1 Å². The average Bonchev–Trinajstić information content (AvgIpc) is 2.42. The van der Waals surface area contributed by atoms with E-state index in [0.717, 1.165) is 24.2 Å². The molecule has 3 nitrogen and oxygen atoms in total. The van der Waals surface area contributed by atoms with Gasteiger partial charge in [0.15, 0.2) is 0 Å². The monoisotopic (exact) mass is 252 g/mol. The number of methoxy groups -OCH3 is 1. The number of ether oxygens (including phenoxy) is 2. The average molecular weight is 252 g/mol. The van der Waals surface area contributed by atoms with Crippen molar-refractivity contribution in [2.75, 3.05) is 13.7 Å². The van der Waals surface area contributed by atoms with E-state index in [4.69, 9.17) is 9.47 Å². The van der Waals surface area contributed by atoms with Crippen molar-refractivity contribution in [1.29, 1.82) is 0 Å². The van der Waals surface area contributed by atoms with Crippen LogP contribution in [0.25, 0.3) is 0 Å². The minimum absolute atomic E-state index is 0.170. The lowest BCUT2D eigenvalue weighted by atomic mass is 10.0. The van der Waals surface area contributed by atoms with Crippen LogP contribution in [0.1, 0.15) is 44.8 Å². The first-order valence-electron chi connectivity index (χ1n) is 6.61. The maximum atomic E-state index is 10.2. The lowest BCUT2D eigenvalue weighted by molar-refractivity contribution is 0.0841. The van der Waals surface area contributed by atoms with E-state index in [1.807, 2.05) is 31.2 Å². The minimum atomic E-state index is -0.490. The molecular weight excluding hydrogens is 228 g/mol. The quantitative estimate of drug-likeness (QED) is 0.771. The Kier molecular flexibility index (Phi) is 6.76. The molecule has 1 rings (SSSR count). The highest BCUT2D eigenvalue weighted by molar-refractivity contribution is 5.35. The summed E-state index contributed by atoms with van der Waals surface area (Å²) in [6.45, 7) is 4.75. The molecule has 0 radical (unpaired) electrons. The van der Waals surface area contributed by atoms with Gasteiger partial charge in [0.2, 0.25) is 0 Å². The zero-order valence-corrected chi connectivity index (χ0v) is 11.6. The highest BCUT2D eigenvalue weighted by atomic mass is 16.5. The maximum absolute atomic E-state index is 10.2. The van der Waals surface area contributed by atoms with Gasteiger partial charge < -0.3 is 14.6 Å². The molecule has 1 aromatic rings. The first-order valence-corrected chi connectivity index (χ1v) is 6.61. The summed E-state index contributed by atoms with van der Waals surface area (Å²) in [7, 11) is 1.69. The van der Waals surface area contributed by atoms with Crippen LogP contribution in [0.5, 0.6) is 5.75 Å². The zero-order chi connectivity index (χ0) is 13.4. The molecule has 0 amide bonds. The predicted octanol–water partition coefficient (Wildman–Crippen LogP) is 3.32. The van der Waals surface area contributed by atoms with Crippen LogP contribution in [0.2, 0.25) is 0 Å². The van der Waals surface area contributed by atoms with E-state index < -0.39 is 6.10 Å². The fourth-order valence-electron chi connectivity index (χ4n) is 1.77. The van der Waals surface area contributed by atoms with Crippen LogP contribution >= 0.6 is 0 Å². The SMILES string of the molecule is CCCOc1ccccc1C(O)CCC(C)OC. The van der Waals surface area contributed by atoms with E-state index in [2.05, 4.69) is 6.92 Å². The van der Waals surface area contributed by atoms with Crippen molar-refractivity contribution >= 4 is 0 Å². The molecule has 0 heterocycles. The Hall–Kier alpha value is -1.06. The molecule has 0 aromatic heterocycles. The van der Waals surface area contributed by atoms with Gasteiger partial charge in [0.25, 0.3) is 0 Å². The molecule has 1 N–H and O–H groups in total. The highest BCUT2D eigenvalue weighted by Crippen LogP contribution is 2.28. The molecule has 0 saturated heterocycles. The number of aliphatic hydroxyl groups is 1. The molecule has 0 saturated carbocycles. The molecule has 2 unspecified atom stereocenters. The molecule has 0 fully saturated rings.